The lowest BCUT2D eigenvalue weighted by Gasteiger charge is -1.98. The highest BCUT2D eigenvalue weighted by atomic mass is 16.1. The van der Waals surface area contributed by atoms with Crippen LogP contribution in [0, 0.1) is 13.8 Å². The number of hydrogen-bond acceptors (Lipinski definition) is 3. The Kier molecular flexibility index (Phi) is 1.91. The van der Waals surface area contributed by atoms with Gasteiger partial charge in [0.05, 0.1) is 11.2 Å². The maximum absolute atomic E-state index is 10.2. The van der Waals surface area contributed by atoms with Gasteiger partial charge in [0.1, 0.15) is 11.5 Å². The molecule has 4 nitrogen and oxygen atoms in total. The summed E-state index contributed by atoms with van der Waals surface area (Å²) in [6, 6.07) is 3.60. The first-order valence-electron chi connectivity index (χ1n) is 4.26. The lowest BCUT2D eigenvalue weighted by atomic mass is 10.3. The van der Waals surface area contributed by atoms with E-state index in [0.29, 0.717) is 5.69 Å². The number of aliphatic imine (C=N–C) groups is 1. The minimum absolute atomic E-state index is 0.612. The average molecular weight is 187 g/mol. The van der Waals surface area contributed by atoms with Gasteiger partial charge >= 0.3 is 0 Å². The fourth-order valence-corrected chi connectivity index (χ4v) is 1.62. The highest BCUT2D eigenvalue weighted by molar-refractivity contribution is 5.74. The van der Waals surface area contributed by atoms with Gasteiger partial charge in [0.2, 0.25) is 6.08 Å². The Bertz CT molecular complexity index is 536. The topological polar surface area (TPSA) is 46.7 Å². The summed E-state index contributed by atoms with van der Waals surface area (Å²) in [6.45, 7) is 3.81. The molecule has 0 bridgehead atoms. The number of nitrogens with zero attached hydrogens (tertiary/aromatic N) is 3. The van der Waals surface area contributed by atoms with Crippen molar-refractivity contribution in [3.05, 3.63) is 29.8 Å². The zero-order chi connectivity index (χ0) is 10.1. The van der Waals surface area contributed by atoms with Crippen LogP contribution in [0.1, 0.15) is 11.5 Å². The molecule has 2 heterocycles. The molecule has 2 rings (SSSR count). The molecule has 14 heavy (non-hydrogen) atoms. The molecule has 0 spiro atoms. The van der Waals surface area contributed by atoms with Gasteiger partial charge in [0.15, 0.2) is 0 Å². The van der Waals surface area contributed by atoms with Crippen LogP contribution in [0.2, 0.25) is 0 Å². The second kappa shape index (κ2) is 3.09. The normalized spacial score (nSPS) is 10.1. The van der Waals surface area contributed by atoms with Crippen molar-refractivity contribution >= 4 is 17.3 Å². The minimum Gasteiger partial charge on any atom is -0.302 e. The van der Waals surface area contributed by atoms with Gasteiger partial charge in [0, 0.05) is 6.20 Å². The molecule has 0 aliphatic carbocycles. The molecule has 0 saturated heterocycles. The molecule has 0 radical (unpaired) electrons. The van der Waals surface area contributed by atoms with Gasteiger partial charge < -0.3 is 4.40 Å². The van der Waals surface area contributed by atoms with Gasteiger partial charge in [0.25, 0.3) is 0 Å². The zero-order valence-electron chi connectivity index (χ0n) is 7.98. The Morgan fingerprint density at radius 3 is 3.00 bits per heavy atom. The molecule has 0 aliphatic heterocycles. The summed E-state index contributed by atoms with van der Waals surface area (Å²) in [7, 11) is 0. The molecule has 0 aliphatic rings. The van der Waals surface area contributed by atoms with Gasteiger partial charge in [-0.3, -0.25) is 0 Å². The highest BCUT2D eigenvalue weighted by Crippen LogP contribution is 2.23. The molecule has 4 heteroatoms. The number of carbonyl (C=O) groups excluding carboxylic acids is 1. The first kappa shape index (κ1) is 8.66. The predicted octanol–water partition coefficient (Wildman–Crippen LogP) is 1.92. The number of imidazole rings is 1. The van der Waals surface area contributed by atoms with Crippen molar-refractivity contribution in [2.24, 2.45) is 4.99 Å². The van der Waals surface area contributed by atoms with Crippen LogP contribution in [0.4, 0.5) is 5.69 Å². The molecule has 2 aromatic rings. The second-order valence-electron chi connectivity index (χ2n) is 3.06. The highest BCUT2D eigenvalue weighted by Gasteiger charge is 2.07. The predicted molar refractivity (Wildman–Crippen MR) is 52.4 cm³/mol. The van der Waals surface area contributed by atoms with Crippen LogP contribution in [0.15, 0.2) is 23.3 Å². The minimum atomic E-state index is 0.612. The van der Waals surface area contributed by atoms with Gasteiger partial charge in [-0.2, -0.15) is 4.99 Å². The number of rotatable bonds is 1. The molecule has 0 amide bonds. The summed E-state index contributed by atoms with van der Waals surface area (Å²) < 4.78 is 1.91. The summed E-state index contributed by atoms with van der Waals surface area (Å²) in [4.78, 5) is 18.2. The third-order valence-electron chi connectivity index (χ3n) is 2.16. The van der Waals surface area contributed by atoms with Crippen molar-refractivity contribution in [3.63, 3.8) is 0 Å². The van der Waals surface area contributed by atoms with Crippen molar-refractivity contribution in [3.8, 4) is 0 Å². The Morgan fingerprint density at radius 2 is 2.29 bits per heavy atom. The first-order chi connectivity index (χ1) is 6.74. The molecular formula is C10H9N3O. The van der Waals surface area contributed by atoms with Gasteiger partial charge in [-0.05, 0) is 26.0 Å². The standard InChI is InChI=1S/C10H9N3O/c1-7-10-9(11-6-14)4-3-5-13(10)8(2)12-7/h3-5H,1-2H3. The van der Waals surface area contributed by atoms with Gasteiger partial charge in [-0.25, -0.2) is 9.78 Å². The maximum atomic E-state index is 10.2. The first-order valence-corrected chi connectivity index (χ1v) is 4.26. The van der Waals surface area contributed by atoms with E-state index >= 15 is 0 Å². The van der Waals surface area contributed by atoms with Crippen LogP contribution in [-0.2, 0) is 4.79 Å². The van der Waals surface area contributed by atoms with E-state index in [1.54, 1.807) is 12.1 Å². The van der Waals surface area contributed by atoms with Crippen LogP contribution in [0.25, 0.3) is 5.52 Å². The van der Waals surface area contributed by atoms with Crippen LogP contribution >= 0.6 is 0 Å². The summed E-state index contributed by atoms with van der Waals surface area (Å²) >= 11 is 0. The Labute approximate surface area is 80.9 Å². The van der Waals surface area contributed by atoms with Crippen LogP contribution in [0.5, 0.6) is 0 Å². The van der Waals surface area contributed by atoms with Gasteiger partial charge in [-0.1, -0.05) is 0 Å². The molecule has 0 atom stereocenters. The molecule has 0 aromatic carbocycles. The number of isocyanates is 1. The van der Waals surface area contributed by atoms with E-state index in [1.807, 2.05) is 30.5 Å². The SMILES string of the molecule is Cc1nc(C)n2cccc(N=C=O)c12. The van der Waals surface area contributed by atoms with E-state index in [0.717, 1.165) is 17.0 Å². The third kappa shape index (κ3) is 1.13. The molecule has 0 saturated carbocycles. The van der Waals surface area contributed by atoms with E-state index in [-0.39, 0.29) is 0 Å². The zero-order valence-corrected chi connectivity index (χ0v) is 7.98. The summed E-state index contributed by atoms with van der Waals surface area (Å²) in [5.74, 6) is 0.889. The summed E-state index contributed by atoms with van der Waals surface area (Å²) in [5, 5.41) is 0. The smallest absolute Gasteiger partial charge is 0.240 e. The largest absolute Gasteiger partial charge is 0.302 e. The molecule has 0 N–H and O–H groups in total. The third-order valence-corrected chi connectivity index (χ3v) is 2.16. The fourth-order valence-electron chi connectivity index (χ4n) is 1.62. The quantitative estimate of drug-likeness (QED) is 0.505. The molecule has 2 aromatic heterocycles. The van der Waals surface area contributed by atoms with Crippen molar-refractivity contribution < 1.29 is 4.79 Å². The van der Waals surface area contributed by atoms with E-state index in [1.165, 1.54) is 0 Å². The lowest BCUT2D eigenvalue weighted by Crippen LogP contribution is -1.86. The van der Waals surface area contributed by atoms with Crippen LogP contribution in [0.3, 0.4) is 0 Å². The van der Waals surface area contributed by atoms with E-state index in [4.69, 9.17) is 0 Å². The molecule has 70 valence electrons. The van der Waals surface area contributed by atoms with E-state index in [9.17, 15) is 4.79 Å². The maximum Gasteiger partial charge on any atom is 0.240 e. The van der Waals surface area contributed by atoms with Crippen molar-refractivity contribution in [2.45, 2.75) is 13.8 Å². The Balaban J connectivity index is 2.91. The number of fused-ring (bicyclic) bond motifs is 1. The van der Waals surface area contributed by atoms with Crippen molar-refractivity contribution in [2.75, 3.05) is 0 Å². The Hall–Kier alpha value is -1.93. The molecule has 0 unspecified atom stereocenters. The summed E-state index contributed by atoms with van der Waals surface area (Å²) in [5.41, 5.74) is 2.35. The van der Waals surface area contributed by atoms with Crippen molar-refractivity contribution in [1.29, 1.82) is 0 Å². The lowest BCUT2D eigenvalue weighted by molar-refractivity contribution is 0.565. The van der Waals surface area contributed by atoms with Crippen molar-refractivity contribution in [1.82, 2.24) is 9.38 Å². The average Bonchev–Trinajstić information content (AvgIpc) is 2.44. The number of aryl methyl sites for hydroxylation is 2. The van der Waals surface area contributed by atoms with E-state index in [2.05, 4.69) is 9.98 Å². The second-order valence-corrected chi connectivity index (χ2v) is 3.06. The Morgan fingerprint density at radius 1 is 1.50 bits per heavy atom. The number of aromatic nitrogens is 2. The monoisotopic (exact) mass is 187 g/mol. The number of hydrogen-bond donors (Lipinski definition) is 0. The van der Waals surface area contributed by atoms with Gasteiger partial charge in [-0.15, -0.1) is 0 Å². The van der Waals surface area contributed by atoms with Crippen LogP contribution in [-0.4, -0.2) is 15.5 Å². The van der Waals surface area contributed by atoms with E-state index < -0.39 is 0 Å². The van der Waals surface area contributed by atoms with Crippen LogP contribution < -0.4 is 0 Å². The summed E-state index contributed by atoms with van der Waals surface area (Å²) in [6.07, 6.45) is 3.44. The fraction of sp³-hybridized carbons (Fsp3) is 0.200. The molecular weight excluding hydrogens is 178 g/mol. The molecule has 0 fully saturated rings. The number of pyridine rings is 1.